The van der Waals surface area contributed by atoms with E-state index in [0.29, 0.717) is 38.5 Å². The molecule has 1 atom stereocenters. The van der Waals surface area contributed by atoms with Crippen molar-refractivity contribution in [2.24, 2.45) is 4.99 Å². The largest absolute Gasteiger partial charge is 0.496 e. The van der Waals surface area contributed by atoms with Gasteiger partial charge in [0.05, 0.1) is 36.1 Å². The molecule has 1 aliphatic rings. The van der Waals surface area contributed by atoms with Gasteiger partial charge in [-0.15, -0.1) is 0 Å². The molecule has 0 bridgehead atoms. The number of carbonyl (C=O) groups excluding carboxylic acids is 1. The van der Waals surface area contributed by atoms with Gasteiger partial charge in [0.15, 0.2) is 4.80 Å². The molecule has 0 saturated carbocycles. The van der Waals surface area contributed by atoms with Crippen LogP contribution in [-0.2, 0) is 14.3 Å². The van der Waals surface area contributed by atoms with Crippen LogP contribution in [0.2, 0.25) is 0 Å². The fraction of sp³-hybridized carbons (Fsp3) is 0.406. The number of rotatable bonds is 11. The number of ether oxygens (including phenoxy) is 4. The van der Waals surface area contributed by atoms with Gasteiger partial charge in [0, 0.05) is 12.7 Å². The summed E-state index contributed by atoms with van der Waals surface area (Å²) in [6.45, 7) is 10.9. The molecule has 218 valence electrons. The van der Waals surface area contributed by atoms with Crippen molar-refractivity contribution in [2.75, 3.05) is 34.0 Å². The van der Waals surface area contributed by atoms with E-state index < -0.39 is 12.0 Å². The van der Waals surface area contributed by atoms with Gasteiger partial charge in [-0.25, -0.2) is 9.79 Å². The fourth-order valence-electron chi connectivity index (χ4n) is 4.86. The van der Waals surface area contributed by atoms with Crippen LogP contribution in [0.5, 0.6) is 11.5 Å². The molecule has 0 unspecified atom stereocenters. The van der Waals surface area contributed by atoms with E-state index in [1.54, 1.807) is 25.7 Å². The fourth-order valence-corrected chi connectivity index (χ4v) is 5.90. The maximum atomic E-state index is 14.1. The average molecular weight is 579 g/mol. The predicted molar refractivity (Wildman–Crippen MR) is 161 cm³/mol. The van der Waals surface area contributed by atoms with Crippen molar-refractivity contribution in [2.45, 2.75) is 53.0 Å². The quantitative estimate of drug-likeness (QED) is 0.243. The summed E-state index contributed by atoms with van der Waals surface area (Å²) in [6.07, 6.45) is 2.72. The van der Waals surface area contributed by atoms with Gasteiger partial charge in [0.2, 0.25) is 0 Å². The van der Waals surface area contributed by atoms with Crippen molar-refractivity contribution in [3.8, 4) is 11.5 Å². The second-order valence-electron chi connectivity index (χ2n) is 10.2. The molecule has 0 N–H and O–H groups in total. The number of aryl methyl sites for hydroxylation is 1. The van der Waals surface area contributed by atoms with Crippen LogP contribution in [-0.4, -0.2) is 44.6 Å². The Hall–Kier alpha value is -3.69. The Bertz CT molecular complexity index is 1630. The van der Waals surface area contributed by atoms with E-state index in [1.165, 1.54) is 11.3 Å². The number of methoxy groups -OCH3 is 2. The number of thiazole rings is 1. The minimum Gasteiger partial charge on any atom is -0.496 e. The van der Waals surface area contributed by atoms with Crippen LogP contribution < -0.4 is 24.4 Å². The molecule has 2 aromatic carbocycles. The first-order chi connectivity index (χ1) is 19.7. The predicted octanol–water partition coefficient (Wildman–Crippen LogP) is 4.65. The second kappa shape index (κ2) is 13.3. The lowest BCUT2D eigenvalue weighted by atomic mass is 9.95. The van der Waals surface area contributed by atoms with Crippen molar-refractivity contribution in [3.63, 3.8) is 0 Å². The molecule has 1 aliphatic heterocycles. The highest BCUT2D eigenvalue weighted by Crippen LogP contribution is 2.36. The van der Waals surface area contributed by atoms with Crippen LogP contribution in [0.4, 0.5) is 0 Å². The molecule has 2 heterocycles. The van der Waals surface area contributed by atoms with E-state index in [1.807, 2.05) is 50.3 Å². The monoisotopic (exact) mass is 578 g/mol. The van der Waals surface area contributed by atoms with Crippen LogP contribution in [0.3, 0.4) is 0 Å². The number of aromatic nitrogens is 1. The Morgan fingerprint density at radius 2 is 1.85 bits per heavy atom. The molecule has 0 fully saturated rings. The number of hydrogen-bond donors (Lipinski definition) is 0. The maximum Gasteiger partial charge on any atom is 0.338 e. The third-order valence-electron chi connectivity index (χ3n) is 6.96. The zero-order chi connectivity index (χ0) is 29.7. The molecule has 0 radical (unpaired) electrons. The number of hydrogen-bond acceptors (Lipinski definition) is 8. The lowest BCUT2D eigenvalue weighted by Gasteiger charge is -2.26. The topological polar surface area (TPSA) is 88.4 Å². The summed E-state index contributed by atoms with van der Waals surface area (Å²) in [5, 5.41) is 0. The van der Waals surface area contributed by atoms with Crippen molar-refractivity contribution in [1.82, 2.24) is 4.57 Å². The number of fused-ring (bicyclic) bond motifs is 1. The molecule has 8 nitrogen and oxygen atoms in total. The standard InChI is InChI=1S/C32H38N2O6S/c1-8-13-39-25-12-10-9-11-23(25)29-28(31(36)40-15-14-37-6)21(5)33-32-34(29)30(35)27(41-32)18-22-17-24(19(2)3)26(38-7)16-20(22)4/h9-12,16-19,29H,8,13-15H2,1-7H3/b27-18+/t29-/m1/s1. The summed E-state index contributed by atoms with van der Waals surface area (Å²) in [5.74, 6) is 1.14. The van der Waals surface area contributed by atoms with Crippen LogP contribution in [0.25, 0.3) is 6.08 Å². The lowest BCUT2D eigenvalue weighted by Crippen LogP contribution is -2.40. The van der Waals surface area contributed by atoms with Crippen LogP contribution >= 0.6 is 11.3 Å². The van der Waals surface area contributed by atoms with Gasteiger partial charge in [-0.05, 0) is 67.2 Å². The summed E-state index contributed by atoms with van der Waals surface area (Å²) in [5.41, 5.74) is 4.25. The lowest BCUT2D eigenvalue weighted by molar-refractivity contribution is -0.140. The van der Waals surface area contributed by atoms with E-state index in [-0.39, 0.29) is 24.7 Å². The molecular weight excluding hydrogens is 540 g/mol. The Kier molecular flexibility index (Phi) is 9.83. The summed E-state index contributed by atoms with van der Waals surface area (Å²) in [7, 11) is 3.21. The van der Waals surface area contributed by atoms with Crippen LogP contribution in [0, 0.1) is 6.92 Å². The molecule has 0 saturated heterocycles. The molecule has 1 aromatic heterocycles. The highest BCUT2D eigenvalue weighted by Gasteiger charge is 2.35. The van der Waals surface area contributed by atoms with Gasteiger partial charge in [0.1, 0.15) is 24.1 Å². The highest BCUT2D eigenvalue weighted by molar-refractivity contribution is 7.07. The van der Waals surface area contributed by atoms with Crippen molar-refractivity contribution < 1.29 is 23.7 Å². The van der Waals surface area contributed by atoms with Crippen molar-refractivity contribution in [3.05, 3.63) is 89.6 Å². The number of allylic oxidation sites excluding steroid dienone is 1. The molecule has 41 heavy (non-hydrogen) atoms. The first-order valence-corrected chi connectivity index (χ1v) is 14.6. The number of benzene rings is 2. The van der Waals surface area contributed by atoms with Gasteiger partial charge >= 0.3 is 5.97 Å². The molecule has 3 aromatic rings. The van der Waals surface area contributed by atoms with E-state index >= 15 is 0 Å². The highest BCUT2D eigenvalue weighted by atomic mass is 32.1. The molecular formula is C32H38N2O6S. The van der Waals surface area contributed by atoms with E-state index in [4.69, 9.17) is 23.9 Å². The van der Waals surface area contributed by atoms with Crippen molar-refractivity contribution in [1.29, 1.82) is 0 Å². The van der Waals surface area contributed by atoms with Crippen LogP contribution in [0.1, 0.15) is 68.3 Å². The first kappa shape index (κ1) is 30.3. The smallest absolute Gasteiger partial charge is 0.338 e. The summed E-state index contributed by atoms with van der Waals surface area (Å²) in [4.78, 5) is 32.8. The Balaban J connectivity index is 1.94. The molecule has 4 rings (SSSR count). The average Bonchev–Trinajstić information content (AvgIpc) is 3.26. The Labute approximate surface area is 244 Å². The third kappa shape index (κ3) is 6.31. The minimum absolute atomic E-state index is 0.0895. The maximum absolute atomic E-state index is 14.1. The molecule has 0 spiro atoms. The van der Waals surface area contributed by atoms with Crippen LogP contribution in [0.15, 0.2) is 57.5 Å². The zero-order valence-corrected chi connectivity index (χ0v) is 25.6. The van der Waals surface area contributed by atoms with E-state index in [2.05, 4.69) is 19.9 Å². The van der Waals surface area contributed by atoms with Gasteiger partial charge in [-0.3, -0.25) is 9.36 Å². The molecule has 0 aliphatic carbocycles. The summed E-state index contributed by atoms with van der Waals surface area (Å²) in [6, 6.07) is 10.8. The van der Waals surface area contributed by atoms with Gasteiger partial charge in [-0.1, -0.05) is 50.3 Å². The Morgan fingerprint density at radius 3 is 2.54 bits per heavy atom. The Morgan fingerprint density at radius 1 is 1.10 bits per heavy atom. The zero-order valence-electron chi connectivity index (χ0n) is 24.8. The normalized spacial score (nSPS) is 15.1. The van der Waals surface area contributed by atoms with Gasteiger partial charge in [-0.2, -0.15) is 0 Å². The third-order valence-corrected chi connectivity index (χ3v) is 7.95. The first-order valence-electron chi connectivity index (χ1n) is 13.8. The number of nitrogens with zero attached hydrogens (tertiary/aromatic N) is 2. The minimum atomic E-state index is -0.764. The number of esters is 1. The van der Waals surface area contributed by atoms with Gasteiger partial charge < -0.3 is 18.9 Å². The van der Waals surface area contributed by atoms with Gasteiger partial charge in [0.25, 0.3) is 5.56 Å². The van der Waals surface area contributed by atoms with E-state index in [0.717, 1.165) is 28.9 Å². The molecule has 9 heteroatoms. The number of para-hydroxylation sites is 1. The summed E-state index contributed by atoms with van der Waals surface area (Å²) >= 11 is 1.30. The molecule has 0 amide bonds. The SMILES string of the molecule is CCCOc1ccccc1[C@@H]1C(C(=O)OCCOC)=C(C)N=c2s/c(=C/c3cc(C(C)C)c(OC)cc3C)c(=O)n21. The second-order valence-corrected chi connectivity index (χ2v) is 11.2. The number of carbonyl (C=O) groups is 1. The van der Waals surface area contributed by atoms with Crippen molar-refractivity contribution >= 4 is 23.4 Å². The summed E-state index contributed by atoms with van der Waals surface area (Å²) < 4.78 is 24.4. The van der Waals surface area contributed by atoms with E-state index in [9.17, 15) is 9.59 Å².